The molecule has 3 unspecified atom stereocenters. The van der Waals surface area contributed by atoms with Crippen molar-refractivity contribution >= 4 is 5.97 Å². The summed E-state index contributed by atoms with van der Waals surface area (Å²) in [5.41, 5.74) is 2.72. The quantitative estimate of drug-likeness (QED) is 0.722. The van der Waals surface area contributed by atoms with Crippen LogP contribution in [0.1, 0.15) is 63.5 Å². The molecule has 2 rings (SSSR count). The van der Waals surface area contributed by atoms with E-state index in [4.69, 9.17) is 9.84 Å². The Labute approximate surface area is 133 Å². The van der Waals surface area contributed by atoms with Gasteiger partial charge in [-0.1, -0.05) is 26.8 Å². The number of aliphatic carboxylic acids is 1. The van der Waals surface area contributed by atoms with Gasteiger partial charge in [-0.05, 0) is 67.2 Å². The molecule has 0 bridgehead atoms. The standard InChI is InChI=1S/C19H28O3/c1-4-9-22-16-7-8-17(14(6-3)11-16)13(5-2)10-15-12-18(15)19(20)21/h7-8,11,13,15,18H,4-6,9-10,12H2,1-3H3,(H,20,21). The molecule has 1 aromatic rings. The Morgan fingerprint density at radius 1 is 1.36 bits per heavy atom. The molecule has 1 saturated carbocycles. The second kappa shape index (κ2) is 7.66. The van der Waals surface area contributed by atoms with Crippen molar-refractivity contribution in [3.05, 3.63) is 29.3 Å². The molecule has 0 saturated heterocycles. The molecule has 1 fully saturated rings. The first-order valence-corrected chi connectivity index (χ1v) is 8.59. The zero-order valence-electron chi connectivity index (χ0n) is 14.0. The Hall–Kier alpha value is -1.51. The Kier molecular flexibility index (Phi) is 5.87. The molecule has 1 N–H and O–H groups in total. The molecule has 3 nitrogen and oxygen atoms in total. The van der Waals surface area contributed by atoms with E-state index in [1.165, 1.54) is 11.1 Å². The Balaban J connectivity index is 2.09. The van der Waals surface area contributed by atoms with Gasteiger partial charge in [0.15, 0.2) is 0 Å². The van der Waals surface area contributed by atoms with Crippen LogP contribution in [0.4, 0.5) is 0 Å². The predicted molar refractivity (Wildman–Crippen MR) is 88.5 cm³/mol. The lowest BCUT2D eigenvalue weighted by Crippen LogP contribution is -2.06. The SMILES string of the molecule is CCCOc1ccc(C(CC)CC2CC2C(=O)O)c(CC)c1. The number of carbonyl (C=O) groups is 1. The highest BCUT2D eigenvalue weighted by Crippen LogP contribution is 2.46. The van der Waals surface area contributed by atoms with Crippen LogP contribution in [0.15, 0.2) is 18.2 Å². The molecule has 3 atom stereocenters. The third-order valence-corrected chi connectivity index (χ3v) is 4.73. The maximum absolute atomic E-state index is 11.0. The highest BCUT2D eigenvalue weighted by Gasteiger charge is 2.43. The summed E-state index contributed by atoms with van der Waals surface area (Å²) >= 11 is 0. The van der Waals surface area contributed by atoms with E-state index in [0.29, 0.717) is 11.8 Å². The lowest BCUT2D eigenvalue weighted by Gasteiger charge is -2.20. The Bertz CT molecular complexity index is 509. The van der Waals surface area contributed by atoms with E-state index in [1.54, 1.807) is 0 Å². The average molecular weight is 304 g/mol. The van der Waals surface area contributed by atoms with Crippen molar-refractivity contribution in [1.82, 2.24) is 0 Å². The van der Waals surface area contributed by atoms with Crippen molar-refractivity contribution < 1.29 is 14.6 Å². The monoisotopic (exact) mass is 304 g/mol. The van der Waals surface area contributed by atoms with Gasteiger partial charge in [0.1, 0.15) is 5.75 Å². The van der Waals surface area contributed by atoms with Gasteiger partial charge in [-0.25, -0.2) is 0 Å². The van der Waals surface area contributed by atoms with Gasteiger partial charge in [-0.2, -0.15) is 0 Å². The van der Waals surface area contributed by atoms with Gasteiger partial charge in [0.25, 0.3) is 0 Å². The lowest BCUT2D eigenvalue weighted by atomic mass is 9.86. The normalized spacial score (nSPS) is 21.4. The summed E-state index contributed by atoms with van der Waals surface area (Å²) < 4.78 is 5.73. The molecule has 0 aromatic heterocycles. The molecule has 1 aromatic carbocycles. The third kappa shape index (κ3) is 4.02. The van der Waals surface area contributed by atoms with E-state index in [0.717, 1.165) is 44.5 Å². The predicted octanol–water partition coefficient (Wildman–Crippen LogP) is 4.64. The van der Waals surface area contributed by atoms with E-state index in [-0.39, 0.29) is 5.92 Å². The summed E-state index contributed by atoms with van der Waals surface area (Å²) in [5, 5.41) is 9.08. The smallest absolute Gasteiger partial charge is 0.306 e. The molecule has 122 valence electrons. The first-order valence-electron chi connectivity index (χ1n) is 8.59. The van der Waals surface area contributed by atoms with E-state index in [9.17, 15) is 4.79 Å². The summed E-state index contributed by atoms with van der Waals surface area (Å²) in [5.74, 6) is 1.05. The van der Waals surface area contributed by atoms with Crippen LogP contribution < -0.4 is 4.74 Å². The maximum atomic E-state index is 11.0. The number of benzene rings is 1. The molecular weight excluding hydrogens is 276 g/mol. The molecule has 1 aliphatic carbocycles. The first kappa shape index (κ1) is 16.9. The van der Waals surface area contributed by atoms with Gasteiger partial charge in [0.05, 0.1) is 12.5 Å². The number of carboxylic acid groups (broad SMARTS) is 1. The fourth-order valence-corrected chi connectivity index (χ4v) is 3.29. The molecule has 0 spiro atoms. The topological polar surface area (TPSA) is 46.5 Å². The second-order valence-electron chi connectivity index (χ2n) is 6.34. The van der Waals surface area contributed by atoms with Crippen LogP contribution in [0, 0.1) is 11.8 Å². The summed E-state index contributed by atoms with van der Waals surface area (Å²) in [7, 11) is 0. The Morgan fingerprint density at radius 2 is 2.14 bits per heavy atom. The number of aryl methyl sites for hydroxylation is 1. The minimum absolute atomic E-state index is 0.105. The van der Waals surface area contributed by atoms with E-state index >= 15 is 0 Å². The molecular formula is C19H28O3. The van der Waals surface area contributed by atoms with Gasteiger partial charge < -0.3 is 9.84 Å². The number of ether oxygens (including phenoxy) is 1. The average Bonchev–Trinajstić information content (AvgIpc) is 3.30. The number of rotatable bonds is 9. The van der Waals surface area contributed by atoms with Crippen LogP contribution in [0.5, 0.6) is 5.75 Å². The van der Waals surface area contributed by atoms with Crippen molar-refractivity contribution in [1.29, 1.82) is 0 Å². The molecule has 1 aliphatic rings. The number of hydrogen-bond donors (Lipinski definition) is 1. The van der Waals surface area contributed by atoms with Crippen LogP contribution in [0.25, 0.3) is 0 Å². The van der Waals surface area contributed by atoms with Crippen LogP contribution in [0.3, 0.4) is 0 Å². The van der Waals surface area contributed by atoms with Crippen molar-refractivity contribution in [3.63, 3.8) is 0 Å². The maximum Gasteiger partial charge on any atom is 0.306 e. The van der Waals surface area contributed by atoms with E-state index in [2.05, 4.69) is 39.0 Å². The minimum atomic E-state index is -0.626. The van der Waals surface area contributed by atoms with Gasteiger partial charge in [-0.15, -0.1) is 0 Å². The molecule has 0 aliphatic heterocycles. The summed E-state index contributed by atoms with van der Waals surface area (Å²) in [6.07, 6.45) is 4.91. The van der Waals surface area contributed by atoms with Crippen molar-refractivity contribution in [2.75, 3.05) is 6.61 Å². The largest absolute Gasteiger partial charge is 0.494 e. The third-order valence-electron chi connectivity index (χ3n) is 4.73. The van der Waals surface area contributed by atoms with E-state index in [1.807, 2.05) is 0 Å². The fraction of sp³-hybridized carbons (Fsp3) is 0.632. The zero-order valence-corrected chi connectivity index (χ0v) is 14.0. The number of hydrogen-bond acceptors (Lipinski definition) is 2. The van der Waals surface area contributed by atoms with Gasteiger partial charge in [-0.3, -0.25) is 4.79 Å². The second-order valence-corrected chi connectivity index (χ2v) is 6.34. The van der Waals surface area contributed by atoms with Gasteiger partial charge in [0, 0.05) is 0 Å². The van der Waals surface area contributed by atoms with Crippen LogP contribution in [-0.4, -0.2) is 17.7 Å². The van der Waals surface area contributed by atoms with Crippen LogP contribution >= 0.6 is 0 Å². The first-order chi connectivity index (χ1) is 10.6. The highest BCUT2D eigenvalue weighted by molar-refractivity contribution is 5.73. The minimum Gasteiger partial charge on any atom is -0.494 e. The lowest BCUT2D eigenvalue weighted by molar-refractivity contribution is -0.138. The molecule has 0 heterocycles. The zero-order chi connectivity index (χ0) is 16.1. The van der Waals surface area contributed by atoms with Crippen molar-refractivity contribution in [3.8, 4) is 5.75 Å². The fourth-order valence-electron chi connectivity index (χ4n) is 3.29. The van der Waals surface area contributed by atoms with Crippen LogP contribution in [-0.2, 0) is 11.2 Å². The van der Waals surface area contributed by atoms with Gasteiger partial charge >= 0.3 is 5.97 Å². The summed E-state index contributed by atoms with van der Waals surface area (Å²) in [4.78, 5) is 11.0. The number of carboxylic acids is 1. The van der Waals surface area contributed by atoms with Crippen LogP contribution in [0.2, 0.25) is 0 Å². The van der Waals surface area contributed by atoms with Crippen molar-refractivity contribution in [2.45, 2.75) is 58.8 Å². The van der Waals surface area contributed by atoms with Gasteiger partial charge in [0.2, 0.25) is 0 Å². The molecule has 0 radical (unpaired) electrons. The van der Waals surface area contributed by atoms with Crippen molar-refractivity contribution in [2.24, 2.45) is 11.8 Å². The Morgan fingerprint density at radius 3 is 2.68 bits per heavy atom. The van der Waals surface area contributed by atoms with E-state index < -0.39 is 5.97 Å². The molecule has 0 amide bonds. The summed E-state index contributed by atoms with van der Waals surface area (Å²) in [6, 6.07) is 6.42. The summed E-state index contributed by atoms with van der Waals surface area (Å²) in [6.45, 7) is 7.23. The molecule has 3 heteroatoms. The molecule has 22 heavy (non-hydrogen) atoms. The highest BCUT2D eigenvalue weighted by atomic mass is 16.5.